The Morgan fingerprint density at radius 1 is 1.17 bits per heavy atom. The number of carbonyl (C=O) groups excluding carboxylic acids is 1. The van der Waals surface area contributed by atoms with Gasteiger partial charge in [0.15, 0.2) is 11.5 Å². The zero-order chi connectivity index (χ0) is 21.8. The molecule has 0 fully saturated rings. The minimum absolute atomic E-state index is 0.0255. The normalized spacial score (nSPS) is 10.6. The van der Waals surface area contributed by atoms with Gasteiger partial charge in [-0.1, -0.05) is 48.0 Å². The van der Waals surface area contributed by atoms with Gasteiger partial charge in [-0.15, -0.1) is 0 Å². The Morgan fingerprint density at radius 2 is 1.87 bits per heavy atom. The molecule has 3 aromatic rings. The first-order chi connectivity index (χ1) is 14.3. The largest absolute Gasteiger partial charge is 0.505 e. The van der Waals surface area contributed by atoms with Crippen LogP contribution in [0.2, 0.25) is 5.02 Å². The van der Waals surface area contributed by atoms with Crippen molar-refractivity contribution in [2.24, 2.45) is 0 Å². The number of nitrogens with zero attached hydrogens (tertiary/aromatic N) is 2. The average molecular weight is 443 g/mol. The lowest BCUT2D eigenvalue weighted by Crippen LogP contribution is -2.15. The number of aromatic hydroxyl groups is 1. The molecular weight excluding hydrogens is 424 g/mol. The van der Waals surface area contributed by atoms with Gasteiger partial charge in [0.2, 0.25) is 0 Å². The highest BCUT2D eigenvalue weighted by atomic mass is 35.5. The van der Waals surface area contributed by atoms with Crippen molar-refractivity contribution < 1.29 is 14.8 Å². The van der Waals surface area contributed by atoms with Gasteiger partial charge in [0.25, 0.3) is 5.69 Å². The van der Waals surface area contributed by atoms with E-state index in [4.69, 9.17) is 11.6 Å². The number of aryl methyl sites for hydroxylation is 1. The van der Waals surface area contributed by atoms with Crippen molar-refractivity contribution in [2.75, 3.05) is 4.31 Å². The Kier molecular flexibility index (Phi) is 6.64. The Bertz CT molecular complexity index is 1110. The molecule has 8 heteroatoms. The van der Waals surface area contributed by atoms with Gasteiger partial charge in [-0.25, -0.2) is 0 Å². The maximum absolute atomic E-state index is 12.0. The SMILES string of the molecule is CC(=O)c1cc(Cl)cc(N(Cc2ccccc2)Sc2cc([N+](=O)[O-])ccc2C)c1O. The second-order valence-corrected chi connectivity index (χ2v) is 8.20. The number of hydrogen-bond donors (Lipinski definition) is 1. The molecule has 0 saturated carbocycles. The van der Waals surface area contributed by atoms with Crippen molar-refractivity contribution in [3.05, 3.63) is 92.5 Å². The number of anilines is 1. The molecule has 30 heavy (non-hydrogen) atoms. The Labute approximate surface area is 183 Å². The van der Waals surface area contributed by atoms with Crippen molar-refractivity contribution in [3.8, 4) is 5.75 Å². The van der Waals surface area contributed by atoms with E-state index in [1.807, 2.05) is 37.3 Å². The Hall–Kier alpha value is -3.03. The molecule has 3 rings (SSSR count). The molecule has 0 spiro atoms. The Balaban J connectivity index is 2.10. The van der Waals surface area contributed by atoms with Crippen molar-refractivity contribution >= 4 is 40.7 Å². The first-order valence-corrected chi connectivity index (χ1v) is 10.2. The third kappa shape index (κ3) is 4.93. The van der Waals surface area contributed by atoms with E-state index in [-0.39, 0.29) is 22.8 Å². The molecule has 0 aromatic heterocycles. The zero-order valence-corrected chi connectivity index (χ0v) is 17.9. The number of Topliss-reactive ketones (excluding diaryl/α,β-unsaturated/α-hetero) is 1. The highest BCUT2D eigenvalue weighted by Gasteiger charge is 2.21. The molecule has 0 atom stereocenters. The van der Waals surface area contributed by atoms with E-state index in [2.05, 4.69) is 0 Å². The summed E-state index contributed by atoms with van der Waals surface area (Å²) in [5.74, 6) is -0.495. The van der Waals surface area contributed by atoms with Crippen LogP contribution in [0.1, 0.15) is 28.4 Å². The number of ketones is 1. The molecule has 0 heterocycles. The maximum Gasteiger partial charge on any atom is 0.270 e. The van der Waals surface area contributed by atoms with Crippen LogP contribution < -0.4 is 4.31 Å². The molecular formula is C22H19ClN2O4S. The summed E-state index contributed by atoms with van der Waals surface area (Å²) in [4.78, 5) is 23.4. The highest BCUT2D eigenvalue weighted by Crippen LogP contribution is 2.41. The quantitative estimate of drug-likeness (QED) is 0.203. The molecule has 0 amide bonds. The third-order valence-electron chi connectivity index (χ3n) is 4.46. The first kappa shape index (κ1) is 21.7. The van der Waals surface area contributed by atoms with E-state index in [0.29, 0.717) is 22.2 Å². The molecule has 6 nitrogen and oxygen atoms in total. The van der Waals surface area contributed by atoms with Crippen LogP contribution in [-0.4, -0.2) is 15.8 Å². The predicted octanol–water partition coefficient (Wildman–Crippen LogP) is 6.18. The molecule has 0 radical (unpaired) electrons. The molecule has 0 aliphatic heterocycles. The molecule has 0 unspecified atom stereocenters. The summed E-state index contributed by atoms with van der Waals surface area (Å²) in [5, 5.41) is 22.3. The van der Waals surface area contributed by atoms with E-state index in [1.54, 1.807) is 16.4 Å². The van der Waals surface area contributed by atoms with Gasteiger partial charge in [0.1, 0.15) is 0 Å². The maximum atomic E-state index is 12.0. The number of phenolic OH excluding ortho intramolecular Hbond substituents is 1. The van der Waals surface area contributed by atoms with Crippen LogP contribution in [-0.2, 0) is 6.54 Å². The van der Waals surface area contributed by atoms with Gasteiger partial charge in [-0.2, -0.15) is 0 Å². The molecule has 0 saturated heterocycles. The second-order valence-electron chi connectivity index (χ2n) is 6.70. The van der Waals surface area contributed by atoms with Crippen molar-refractivity contribution in [2.45, 2.75) is 25.3 Å². The molecule has 0 aliphatic rings. The van der Waals surface area contributed by atoms with Gasteiger partial charge in [-0.05, 0) is 49.1 Å². The van der Waals surface area contributed by atoms with Gasteiger partial charge in [0, 0.05) is 22.1 Å². The van der Waals surface area contributed by atoms with E-state index in [0.717, 1.165) is 11.1 Å². The van der Waals surface area contributed by atoms with E-state index in [9.17, 15) is 20.0 Å². The molecule has 0 aliphatic carbocycles. The second kappa shape index (κ2) is 9.19. The van der Waals surface area contributed by atoms with Crippen LogP contribution >= 0.6 is 23.5 Å². The summed E-state index contributed by atoms with van der Waals surface area (Å²) in [6.45, 7) is 3.58. The number of carbonyl (C=O) groups is 1. The third-order valence-corrected chi connectivity index (χ3v) is 5.86. The zero-order valence-electron chi connectivity index (χ0n) is 16.3. The molecule has 3 aromatic carbocycles. The summed E-state index contributed by atoms with van der Waals surface area (Å²) < 4.78 is 1.77. The predicted molar refractivity (Wildman–Crippen MR) is 119 cm³/mol. The van der Waals surface area contributed by atoms with Crippen molar-refractivity contribution in [1.82, 2.24) is 0 Å². The van der Waals surface area contributed by atoms with E-state index < -0.39 is 4.92 Å². The van der Waals surface area contributed by atoms with Gasteiger partial charge >= 0.3 is 0 Å². The summed E-state index contributed by atoms with van der Waals surface area (Å²) >= 11 is 7.46. The smallest absolute Gasteiger partial charge is 0.270 e. The number of rotatable bonds is 7. The van der Waals surface area contributed by atoms with Crippen LogP contribution in [0, 0.1) is 17.0 Å². The van der Waals surface area contributed by atoms with Gasteiger partial charge < -0.3 is 9.41 Å². The topological polar surface area (TPSA) is 83.7 Å². The van der Waals surface area contributed by atoms with E-state index in [1.165, 1.54) is 37.1 Å². The minimum atomic E-state index is -0.449. The molecule has 154 valence electrons. The number of phenols is 1. The number of halogens is 1. The number of hydrogen-bond acceptors (Lipinski definition) is 6. The average Bonchev–Trinajstić information content (AvgIpc) is 2.71. The van der Waals surface area contributed by atoms with Crippen LogP contribution in [0.3, 0.4) is 0 Å². The van der Waals surface area contributed by atoms with Crippen LogP contribution in [0.25, 0.3) is 0 Å². The standard InChI is InChI=1S/C22H19ClN2O4S/c1-14-8-9-18(25(28)29)12-21(14)30-24(13-16-6-4-3-5-7-16)20-11-17(23)10-19(15(2)26)22(20)27/h3-12,27H,13H2,1-2H3. The first-order valence-electron chi connectivity index (χ1n) is 9.04. The van der Waals surface area contributed by atoms with Crippen molar-refractivity contribution in [1.29, 1.82) is 0 Å². The monoisotopic (exact) mass is 442 g/mol. The lowest BCUT2D eigenvalue weighted by molar-refractivity contribution is -0.385. The fraction of sp³-hybridized carbons (Fsp3) is 0.136. The summed E-state index contributed by atoms with van der Waals surface area (Å²) in [6, 6.07) is 17.2. The lowest BCUT2D eigenvalue weighted by Gasteiger charge is -2.26. The number of nitro groups is 1. The van der Waals surface area contributed by atoms with Crippen LogP contribution in [0.15, 0.2) is 65.6 Å². The number of benzene rings is 3. The van der Waals surface area contributed by atoms with Crippen molar-refractivity contribution in [3.63, 3.8) is 0 Å². The van der Waals surface area contributed by atoms with Gasteiger partial charge in [0.05, 0.1) is 22.7 Å². The summed E-state index contributed by atoms with van der Waals surface area (Å²) in [5.41, 5.74) is 2.25. The highest BCUT2D eigenvalue weighted by molar-refractivity contribution is 8.00. The minimum Gasteiger partial charge on any atom is -0.505 e. The summed E-state index contributed by atoms with van der Waals surface area (Å²) in [6.07, 6.45) is 0. The molecule has 0 bridgehead atoms. The van der Waals surface area contributed by atoms with Crippen LogP contribution in [0.5, 0.6) is 5.75 Å². The summed E-state index contributed by atoms with van der Waals surface area (Å²) in [7, 11) is 0. The van der Waals surface area contributed by atoms with Gasteiger partial charge in [-0.3, -0.25) is 14.9 Å². The van der Waals surface area contributed by atoms with Crippen LogP contribution in [0.4, 0.5) is 11.4 Å². The number of nitro benzene ring substituents is 1. The molecule has 1 N–H and O–H groups in total. The number of non-ortho nitro benzene ring substituents is 1. The fourth-order valence-electron chi connectivity index (χ4n) is 2.88. The Morgan fingerprint density at radius 3 is 2.50 bits per heavy atom. The lowest BCUT2D eigenvalue weighted by atomic mass is 10.1. The fourth-order valence-corrected chi connectivity index (χ4v) is 4.17. The van der Waals surface area contributed by atoms with E-state index >= 15 is 0 Å².